The molecule has 19 heavy (non-hydrogen) atoms. The largest absolute Gasteiger partial charge is 0.342 e. The van der Waals surface area contributed by atoms with Crippen LogP contribution in [0.1, 0.15) is 30.7 Å². The minimum absolute atomic E-state index is 0.104. The fourth-order valence-corrected chi connectivity index (χ4v) is 2.01. The van der Waals surface area contributed by atoms with Crippen molar-refractivity contribution in [1.29, 1.82) is 0 Å². The predicted octanol–water partition coefficient (Wildman–Crippen LogP) is 3.12. The summed E-state index contributed by atoms with van der Waals surface area (Å²) in [6, 6.07) is 2.37. The molecule has 2 aromatic rings. The van der Waals surface area contributed by atoms with Crippen molar-refractivity contribution in [3.05, 3.63) is 41.4 Å². The second-order valence-corrected chi connectivity index (χ2v) is 4.60. The van der Waals surface area contributed by atoms with Crippen LogP contribution in [0.2, 0.25) is 0 Å². The Morgan fingerprint density at radius 2 is 2.05 bits per heavy atom. The van der Waals surface area contributed by atoms with Gasteiger partial charge in [-0.3, -0.25) is 0 Å². The summed E-state index contributed by atoms with van der Waals surface area (Å²) >= 11 is 0. The van der Waals surface area contributed by atoms with Gasteiger partial charge in [0.05, 0.1) is 11.9 Å². The summed E-state index contributed by atoms with van der Waals surface area (Å²) in [7, 11) is 0. The van der Waals surface area contributed by atoms with Crippen LogP contribution in [0, 0.1) is 18.6 Å². The number of benzene rings is 1. The Morgan fingerprint density at radius 3 is 2.68 bits per heavy atom. The fourth-order valence-electron chi connectivity index (χ4n) is 2.01. The number of nitrogens with zero attached hydrogens (tertiary/aromatic N) is 1. The Balaban J connectivity index is 2.40. The molecule has 1 atom stereocenters. The number of rotatable bonds is 4. The molecule has 1 unspecified atom stereocenters. The molecule has 1 aromatic heterocycles. The van der Waals surface area contributed by atoms with Crippen LogP contribution in [-0.2, 0) is 0 Å². The zero-order chi connectivity index (χ0) is 14.0. The summed E-state index contributed by atoms with van der Waals surface area (Å²) in [5, 5.41) is 0. The van der Waals surface area contributed by atoms with E-state index in [0.29, 0.717) is 18.1 Å². The number of nitrogens with two attached hydrogens (primary N) is 1. The topological polar surface area (TPSA) is 54.7 Å². The number of H-pyrrole nitrogens is 1. The molecule has 1 heterocycles. The summed E-state index contributed by atoms with van der Waals surface area (Å²) in [5.41, 5.74) is 6.59. The maximum Gasteiger partial charge on any atom is 0.133 e. The van der Waals surface area contributed by atoms with E-state index in [4.69, 9.17) is 5.73 Å². The normalized spacial score (nSPS) is 12.7. The smallest absolute Gasteiger partial charge is 0.133 e. The number of imidazole rings is 1. The molecule has 0 fully saturated rings. The molecule has 0 amide bonds. The van der Waals surface area contributed by atoms with Crippen LogP contribution in [0.15, 0.2) is 18.3 Å². The van der Waals surface area contributed by atoms with Gasteiger partial charge in [-0.2, -0.15) is 0 Å². The van der Waals surface area contributed by atoms with Crippen molar-refractivity contribution in [2.24, 2.45) is 5.73 Å². The summed E-state index contributed by atoms with van der Waals surface area (Å²) in [6.45, 7) is 4.00. The van der Waals surface area contributed by atoms with Gasteiger partial charge in [0.25, 0.3) is 0 Å². The van der Waals surface area contributed by atoms with Crippen LogP contribution in [0.3, 0.4) is 0 Å². The Bertz CT molecular complexity index is 574. The summed E-state index contributed by atoms with van der Waals surface area (Å²) in [4.78, 5) is 7.22. The van der Waals surface area contributed by atoms with Crippen LogP contribution in [0.5, 0.6) is 0 Å². The summed E-state index contributed by atoms with van der Waals surface area (Å²) < 4.78 is 27.4. The molecule has 0 aliphatic carbocycles. The van der Waals surface area contributed by atoms with E-state index in [9.17, 15) is 8.78 Å². The molecule has 3 N–H and O–H groups in total. The number of hydrogen-bond acceptors (Lipinski definition) is 2. The van der Waals surface area contributed by atoms with Gasteiger partial charge in [-0.15, -0.1) is 0 Å². The lowest BCUT2D eigenvalue weighted by molar-refractivity contribution is 0.594. The number of nitrogens with one attached hydrogen (secondary N) is 1. The third kappa shape index (κ3) is 2.66. The van der Waals surface area contributed by atoms with E-state index in [0.717, 1.165) is 6.42 Å². The third-order valence-corrected chi connectivity index (χ3v) is 3.30. The fraction of sp³-hybridized carbons (Fsp3) is 0.357. The minimum Gasteiger partial charge on any atom is -0.342 e. The first-order chi connectivity index (χ1) is 9.06. The number of aromatic amines is 1. The molecule has 0 saturated carbocycles. The second kappa shape index (κ2) is 5.48. The van der Waals surface area contributed by atoms with E-state index in [-0.39, 0.29) is 17.0 Å². The predicted molar refractivity (Wildman–Crippen MR) is 70.8 cm³/mol. The highest BCUT2D eigenvalue weighted by molar-refractivity contribution is 5.60. The molecular weight excluding hydrogens is 248 g/mol. The number of halogens is 2. The SMILES string of the molecule is CCC(CN)c1ncc(-c2cc(F)c(C)cc2F)[nH]1. The second-order valence-electron chi connectivity index (χ2n) is 4.60. The molecule has 0 spiro atoms. The van der Waals surface area contributed by atoms with E-state index >= 15 is 0 Å². The van der Waals surface area contributed by atoms with Gasteiger partial charge in [-0.1, -0.05) is 6.92 Å². The quantitative estimate of drug-likeness (QED) is 0.892. The molecule has 0 bridgehead atoms. The van der Waals surface area contributed by atoms with Gasteiger partial charge in [-0.05, 0) is 31.0 Å². The molecule has 0 radical (unpaired) electrons. The molecule has 0 saturated heterocycles. The molecule has 5 heteroatoms. The van der Waals surface area contributed by atoms with Crippen LogP contribution in [0.25, 0.3) is 11.3 Å². The molecule has 102 valence electrons. The summed E-state index contributed by atoms with van der Waals surface area (Å²) in [6.07, 6.45) is 2.36. The average molecular weight is 265 g/mol. The van der Waals surface area contributed by atoms with Gasteiger partial charge >= 0.3 is 0 Å². The summed E-state index contributed by atoms with van der Waals surface area (Å²) in [5.74, 6) is -0.0826. The zero-order valence-electron chi connectivity index (χ0n) is 11.0. The highest BCUT2D eigenvalue weighted by atomic mass is 19.1. The lowest BCUT2D eigenvalue weighted by Crippen LogP contribution is -2.12. The Labute approximate surface area is 110 Å². The Morgan fingerprint density at radius 1 is 1.32 bits per heavy atom. The maximum atomic E-state index is 13.9. The van der Waals surface area contributed by atoms with Crippen molar-refractivity contribution in [3.63, 3.8) is 0 Å². The maximum absolute atomic E-state index is 13.9. The molecule has 2 rings (SSSR count). The van der Waals surface area contributed by atoms with Crippen LogP contribution >= 0.6 is 0 Å². The number of hydrogen-bond donors (Lipinski definition) is 2. The Hall–Kier alpha value is -1.75. The monoisotopic (exact) mass is 265 g/mol. The van der Waals surface area contributed by atoms with E-state index in [1.54, 1.807) is 0 Å². The van der Waals surface area contributed by atoms with Gasteiger partial charge in [0.2, 0.25) is 0 Å². The number of aryl methyl sites for hydroxylation is 1. The molecule has 0 aliphatic rings. The van der Waals surface area contributed by atoms with Crippen molar-refractivity contribution >= 4 is 0 Å². The van der Waals surface area contributed by atoms with Crippen molar-refractivity contribution in [2.75, 3.05) is 6.54 Å². The van der Waals surface area contributed by atoms with E-state index in [1.165, 1.54) is 25.3 Å². The standard InChI is InChI=1S/C14H17F2N3/c1-3-9(6-17)14-18-7-13(19-14)10-5-11(15)8(2)4-12(10)16/h4-5,7,9H,3,6,17H2,1-2H3,(H,18,19). The molecular formula is C14H17F2N3. The lowest BCUT2D eigenvalue weighted by Gasteiger charge is -2.08. The highest BCUT2D eigenvalue weighted by Crippen LogP contribution is 2.25. The van der Waals surface area contributed by atoms with Crippen molar-refractivity contribution < 1.29 is 8.78 Å². The first kappa shape index (κ1) is 13.7. The van der Waals surface area contributed by atoms with Crippen LogP contribution in [-0.4, -0.2) is 16.5 Å². The number of aromatic nitrogens is 2. The lowest BCUT2D eigenvalue weighted by atomic mass is 10.1. The molecule has 3 nitrogen and oxygen atoms in total. The van der Waals surface area contributed by atoms with E-state index in [2.05, 4.69) is 9.97 Å². The molecule has 1 aromatic carbocycles. The van der Waals surface area contributed by atoms with Gasteiger partial charge < -0.3 is 10.7 Å². The van der Waals surface area contributed by atoms with Crippen molar-refractivity contribution in [1.82, 2.24) is 9.97 Å². The van der Waals surface area contributed by atoms with Gasteiger partial charge in [0, 0.05) is 18.0 Å². The van der Waals surface area contributed by atoms with Gasteiger partial charge in [-0.25, -0.2) is 13.8 Å². The van der Waals surface area contributed by atoms with E-state index in [1.807, 2.05) is 6.92 Å². The molecule has 0 aliphatic heterocycles. The Kier molecular flexibility index (Phi) is 3.95. The van der Waals surface area contributed by atoms with Crippen molar-refractivity contribution in [2.45, 2.75) is 26.2 Å². The average Bonchev–Trinajstić information content (AvgIpc) is 2.85. The van der Waals surface area contributed by atoms with Crippen molar-refractivity contribution in [3.8, 4) is 11.3 Å². The highest BCUT2D eigenvalue weighted by Gasteiger charge is 2.15. The minimum atomic E-state index is -0.463. The van der Waals surface area contributed by atoms with Crippen LogP contribution < -0.4 is 5.73 Å². The van der Waals surface area contributed by atoms with E-state index < -0.39 is 11.6 Å². The first-order valence-corrected chi connectivity index (χ1v) is 6.27. The zero-order valence-corrected chi connectivity index (χ0v) is 11.0. The first-order valence-electron chi connectivity index (χ1n) is 6.27. The van der Waals surface area contributed by atoms with Gasteiger partial charge in [0.15, 0.2) is 0 Å². The third-order valence-electron chi connectivity index (χ3n) is 3.30. The van der Waals surface area contributed by atoms with Gasteiger partial charge in [0.1, 0.15) is 17.5 Å². The van der Waals surface area contributed by atoms with Crippen LogP contribution in [0.4, 0.5) is 8.78 Å².